The van der Waals surface area contributed by atoms with Crippen LogP contribution in [0.2, 0.25) is 19.6 Å². The predicted octanol–water partition coefficient (Wildman–Crippen LogP) is 3.54. The maximum absolute atomic E-state index is 5.84. The molecule has 3 nitrogen and oxygen atoms in total. The van der Waals surface area contributed by atoms with E-state index < -0.39 is 8.32 Å². The van der Waals surface area contributed by atoms with Gasteiger partial charge in [-0.2, -0.15) is 4.98 Å². The van der Waals surface area contributed by atoms with Gasteiger partial charge in [-0.3, -0.25) is 0 Å². The van der Waals surface area contributed by atoms with Gasteiger partial charge >= 0.3 is 6.01 Å². The van der Waals surface area contributed by atoms with E-state index in [-0.39, 0.29) is 0 Å². The van der Waals surface area contributed by atoms with E-state index in [1.54, 1.807) is 11.8 Å². The van der Waals surface area contributed by atoms with Crippen molar-refractivity contribution >= 4 is 20.1 Å². The lowest BCUT2D eigenvalue weighted by Gasteiger charge is -2.18. The quantitative estimate of drug-likeness (QED) is 0.469. The Morgan fingerprint density at radius 2 is 1.88 bits per heavy atom. The highest BCUT2D eigenvalue weighted by atomic mass is 32.2. The van der Waals surface area contributed by atoms with Gasteiger partial charge in [0.25, 0.3) is 0 Å². The van der Waals surface area contributed by atoms with Gasteiger partial charge in [0.2, 0.25) is 8.32 Å². The SMILES string of the molecule is CSc1cc(C(C)C)nc(O[Si](C)(C)C)n1. The minimum Gasteiger partial charge on any atom is -0.518 e. The van der Waals surface area contributed by atoms with Gasteiger partial charge in [0.15, 0.2) is 0 Å². The molecule has 0 saturated carbocycles. The highest BCUT2D eigenvalue weighted by molar-refractivity contribution is 7.98. The van der Waals surface area contributed by atoms with E-state index in [0.29, 0.717) is 11.9 Å². The van der Waals surface area contributed by atoms with E-state index in [9.17, 15) is 0 Å². The molecule has 0 aliphatic rings. The molecule has 0 unspecified atom stereocenters. The molecular formula is C11H20N2OSSi. The van der Waals surface area contributed by atoms with E-state index in [4.69, 9.17) is 4.43 Å². The number of rotatable bonds is 4. The lowest BCUT2D eigenvalue weighted by molar-refractivity contribution is 0.496. The van der Waals surface area contributed by atoms with E-state index >= 15 is 0 Å². The normalized spacial score (nSPS) is 11.9. The molecule has 0 amide bonds. The molecule has 1 aromatic heterocycles. The Kier molecular flexibility index (Phi) is 4.38. The van der Waals surface area contributed by atoms with Crippen LogP contribution < -0.4 is 4.43 Å². The average Bonchev–Trinajstić information content (AvgIpc) is 2.14. The third-order valence-corrected chi connectivity index (χ3v) is 3.32. The molecular weight excluding hydrogens is 236 g/mol. The Morgan fingerprint density at radius 3 is 2.31 bits per heavy atom. The minimum atomic E-state index is -1.63. The van der Waals surface area contributed by atoms with Crippen LogP contribution in [0.1, 0.15) is 25.5 Å². The third-order valence-electron chi connectivity index (χ3n) is 1.90. The van der Waals surface area contributed by atoms with E-state index in [0.717, 1.165) is 10.7 Å². The molecule has 1 heterocycles. The molecule has 1 rings (SSSR count). The Morgan fingerprint density at radius 1 is 1.25 bits per heavy atom. The van der Waals surface area contributed by atoms with Gasteiger partial charge in [0, 0.05) is 0 Å². The number of nitrogens with zero attached hydrogens (tertiary/aromatic N) is 2. The van der Waals surface area contributed by atoms with Gasteiger partial charge in [-0.25, -0.2) is 4.98 Å². The maximum atomic E-state index is 5.84. The van der Waals surface area contributed by atoms with Crippen LogP contribution in [0.4, 0.5) is 0 Å². The van der Waals surface area contributed by atoms with Crippen molar-refractivity contribution in [3.8, 4) is 6.01 Å². The zero-order valence-electron chi connectivity index (χ0n) is 10.9. The molecule has 0 radical (unpaired) electrons. The molecule has 0 bridgehead atoms. The summed E-state index contributed by atoms with van der Waals surface area (Å²) in [5, 5.41) is 0.979. The average molecular weight is 256 g/mol. The fourth-order valence-electron chi connectivity index (χ4n) is 1.14. The van der Waals surface area contributed by atoms with Crippen molar-refractivity contribution < 1.29 is 4.43 Å². The molecule has 0 N–H and O–H groups in total. The zero-order chi connectivity index (χ0) is 12.3. The van der Waals surface area contributed by atoms with Crippen molar-refractivity contribution in [1.29, 1.82) is 0 Å². The number of hydrogen-bond acceptors (Lipinski definition) is 4. The van der Waals surface area contributed by atoms with Gasteiger partial charge < -0.3 is 4.43 Å². The third kappa shape index (κ3) is 4.13. The summed E-state index contributed by atoms with van der Waals surface area (Å²) in [6.45, 7) is 10.7. The summed E-state index contributed by atoms with van der Waals surface area (Å²) in [4.78, 5) is 8.84. The standard InChI is InChI=1S/C11H20N2OSSi/c1-8(2)9-7-10(15-3)13-11(12-9)14-16(4,5)6/h7-8H,1-6H3. The van der Waals surface area contributed by atoms with Crippen molar-refractivity contribution in [2.75, 3.05) is 6.26 Å². The van der Waals surface area contributed by atoms with Crippen LogP contribution in [-0.4, -0.2) is 24.5 Å². The van der Waals surface area contributed by atoms with Crippen LogP contribution >= 0.6 is 11.8 Å². The van der Waals surface area contributed by atoms with Gasteiger partial charge in [0.05, 0.1) is 5.69 Å². The summed E-state index contributed by atoms with van der Waals surface area (Å²) in [7, 11) is -1.63. The smallest absolute Gasteiger partial charge is 0.303 e. The summed E-state index contributed by atoms with van der Waals surface area (Å²) in [6, 6.07) is 2.57. The minimum absolute atomic E-state index is 0.401. The van der Waals surface area contributed by atoms with Gasteiger partial charge in [-0.1, -0.05) is 13.8 Å². The van der Waals surface area contributed by atoms with Crippen LogP contribution in [0, 0.1) is 0 Å². The monoisotopic (exact) mass is 256 g/mol. The first-order chi connectivity index (χ1) is 7.31. The number of hydrogen-bond donors (Lipinski definition) is 0. The molecule has 1 aromatic rings. The molecule has 0 aromatic carbocycles. The second-order valence-corrected chi connectivity index (χ2v) is 10.2. The molecule has 16 heavy (non-hydrogen) atoms. The number of thioether (sulfide) groups is 1. The maximum Gasteiger partial charge on any atom is 0.303 e. The molecule has 5 heteroatoms. The molecule has 0 atom stereocenters. The fraction of sp³-hybridized carbons (Fsp3) is 0.636. The molecule has 0 aliphatic carbocycles. The molecule has 0 aliphatic heterocycles. The van der Waals surface area contributed by atoms with E-state index in [1.165, 1.54) is 0 Å². The van der Waals surface area contributed by atoms with E-state index in [2.05, 4.69) is 43.5 Å². The first-order valence-electron chi connectivity index (χ1n) is 5.44. The van der Waals surface area contributed by atoms with Crippen molar-refractivity contribution in [3.63, 3.8) is 0 Å². The summed E-state index contributed by atoms with van der Waals surface area (Å²) < 4.78 is 5.84. The summed E-state index contributed by atoms with van der Waals surface area (Å²) in [6.07, 6.45) is 2.02. The Labute approximate surface area is 103 Å². The van der Waals surface area contributed by atoms with Crippen molar-refractivity contribution in [1.82, 2.24) is 9.97 Å². The van der Waals surface area contributed by atoms with Crippen LogP contribution in [0.15, 0.2) is 11.1 Å². The first-order valence-corrected chi connectivity index (χ1v) is 10.1. The summed E-state index contributed by atoms with van der Waals surface area (Å²) >= 11 is 1.62. The van der Waals surface area contributed by atoms with Crippen LogP contribution in [0.3, 0.4) is 0 Å². The van der Waals surface area contributed by atoms with Gasteiger partial charge in [0.1, 0.15) is 5.03 Å². The zero-order valence-corrected chi connectivity index (χ0v) is 12.7. The Hall–Kier alpha value is -0.553. The largest absolute Gasteiger partial charge is 0.518 e. The molecule has 0 spiro atoms. The second-order valence-electron chi connectivity index (χ2n) is 4.99. The van der Waals surface area contributed by atoms with Crippen LogP contribution in [-0.2, 0) is 0 Å². The Balaban J connectivity index is 3.04. The van der Waals surface area contributed by atoms with Crippen molar-refractivity contribution in [3.05, 3.63) is 11.8 Å². The topological polar surface area (TPSA) is 35.0 Å². The van der Waals surface area contributed by atoms with E-state index in [1.807, 2.05) is 12.3 Å². The molecule has 0 saturated heterocycles. The lowest BCUT2D eigenvalue weighted by atomic mass is 10.1. The second kappa shape index (κ2) is 5.18. The van der Waals surface area contributed by atoms with Gasteiger partial charge in [-0.05, 0) is 37.9 Å². The Bertz CT molecular complexity index is 363. The predicted molar refractivity (Wildman–Crippen MR) is 71.9 cm³/mol. The molecule has 0 fully saturated rings. The lowest BCUT2D eigenvalue weighted by Crippen LogP contribution is -2.30. The van der Waals surface area contributed by atoms with Crippen molar-refractivity contribution in [2.24, 2.45) is 0 Å². The highest BCUT2D eigenvalue weighted by Gasteiger charge is 2.19. The highest BCUT2D eigenvalue weighted by Crippen LogP contribution is 2.22. The fourth-order valence-corrected chi connectivity index (χ4v) is 2.19. The van der Waals surface area contributed by atoms with Crippen LogP contribution in [0.5, 0.6) is 6.01 Å². The summed E-state index contributed by atoms with van der Waals surface area (Å²) in [5.41, 5.74) is 1.05. The number of aromatic nitrogens is 2. The van der Waals surface area contributed by atoms with Crippen molar-refractivity contribution in [2.45, 2.75) is 44.4 Å². The molecule has 90 valence electrons. The van der Waals surface area contributed by atoms with Gasteiger partial charge in [-0.15, -0.1) is 11.8 Å². The first kappa shape index (κ1) is 13.5. The summed E-state index contributed by atoms with van der Waals surface area (Å²) in [5.74, 6) is 0.401. The van der Waals surface area contributed by atoms with Crippen LogP contribution in [0.25, 0.3) is 0 Å².